The molecule has 0 heterocycles. The van der Waals surface area contributed by atoms with Crippen LogP contribution in [0, 0.1) is 0 Å². The number of hydrogen-bond acceptors (Lipinski definition) is 1. The van der Waals surface area contributed by atoms with Crippen molar-refractivity contribution in [3.63, 3.8) is 0 Å². The van der Waals surface area contributed by atoms with Crippen LogP contribution in [0.3, 0.4) is 0 Å². The Bertz CT molecular complexity index is 116. The fourth-order valence-electron chi connectivity index (χ4n) is 0.626. The van der Waals surface area contributed by atoms with Gasteiger partial charge in [0, 0.05) is 0 Å². The van der Waals surface area contributed by atoms with Crippen LogP contribution in [0.2, 0.25) is 0 Å². The monoisotopic (exact) mass is 162 g/mol. The van der Waals surface area contributed by atoms with Crippen molar-refractivity contribution in [2.45, 2.75) is 44.1 Å². The summed E-state index contributed by atoms with van der Waals surface area (Å²) >= 11 is 6.03. The lowest BCUT2D eigenvalue weighted by atomic mass is 10.2. The van der Waals surface area contributed by atoms with Crippen molar-refractivity contribution < 1.29 is 4.74 Å². The summed E-state index contributed by atoms with van der Waals surface area (Å²) in [7, 11) is 0. The third-order valence-electron chi connectivity index (χ3n) is 1.56. The number of halogens is 1. The molecule has 1 saturated carbocycles. The van der Waals surface area contributed by atoms with Gasteiger partial charge in [-0.1, -0.05) is 0 Å². The zero-order valence-corrected chi connectivity index (χ0v) is 7.66. The molecule has 0 aromatic carbocycles. The molecule has 0 N–H and O–H groups in total. The highest BCUT2D eigenvalue weighted by Crippen LogP contribution is 2.43. The van der Waals surface area contributed by atoms with Gasteiger partial charge in [-0.2, -0.15) is 0 Å². The average Bonchev–Trinajstić information content (AvgIpc) is 2.43. The van der Waals surface area contributed by atoms with Crippen molar-refractivity contribution in [1.29, 1.82) is 0 Å². The smallest absolute Gasteiger partial charge is 0.0681 e. The average molecular weight is 163 g/mol. The lowest BCUT2D eigenvalue weighted by molar-refractivity contribution is -0.00522. The second-order valence-corrected chi connectivity index (χ2v) is 4.85. The Kier molecular flexibility index (Phi) is 1.99. The summed E-state index contributed by atoms with van der Waals surface area (Å²) in [5.74, 6) is 0. The molecular formula is C8H15ClO. The van der Waals surface area contributed by atoms with Gasteiger partial charge in [0.25, 0.3) is 0 Å². The zero-order valence-electron chi connectivity index (χ0n) is 6.91. The van der Waals surface area contributed by atoms with E-state index in [4.69, 9.17) is 16.3 Å². The van der Waals surface area contributed by atoms with Gasteiger partial charge in [-0.3, -0.25) is 0 Å². The Morgan fingerprint density at radius 3 is 2.20 bits per heavy atom. The summed E-state index contributed by atoms with van der Waals surface area (Å²) in [6.07, 6.45) is 2.23. The van der Waals surface area contributed by atoms with Crippen molar-refractivity contribution in [3.05, 3.63) is 0 Å². The first-order valence-electron chi connectivity index (χ1n) is 3.74. The van der Waals surface area contributed by atoms with E-state index in [2.05, 4.69) is 20.8 Å². The summed E-state index contributed by atoms with van der Waals surface area (Å²) in [6.45, 7) is 6.86. The van der Waals surface area contributed by atoms with Crippen LogP contribution >= 0.6 is 11.6 Å². The normalized spacial score (nSPS) is 22.8. The minimum absolute atomic E-state index is 0.00722. The van der Waals surface area contributed by atoms with Crippen molar-refractivity contribution in [2.24, 2.45) is 0 Å². The van der Waals surface area contributed by atoms with Gasteiger partial charge >= 0.3 is 0 Å². The summed E-state index contributed by atoms with van der Waals surface area (Å²) in [6, 6.07) is 0. The summed E-state index contributed by atoms with van der Waals surface area (Å²) in [5.41, 5.74) is -0.0372. The molecule has 0 amide bonds. The van der Waals surface area contributed by atoms with Gasteiger partial charge in [-0.15, -0.1) is 11.6 Å². The Balaban J connectivity index is 2.17. The predicted molar refractivity (Wildman–Crippen MR) is 43.5 cm³/mol. The summed E-state index contributed by atoms with van der Waals surface area (Å²) in [5, 5.41) is 0. The highest BCUT2D eigenvalue weighted by molar-refractivity contribution is 6.26. The van der Waals surface area contributed by atoms with E-state index in [1.165, 1.54) is 0 Å². The molecule has 0 spiro atoms. The molecule has 10 heavy (non-hydrogen) atoms. The first-order valence-corrected chi connectivity index (χ1v) is 4.12. The SMILES string of the molecule is CC(C)(C)OCC1(Cl)CC1. The molecule has 1 aliphatic carbocycles. The highest BCUT2D eigenvalue weighted by Gasteiger charge is 2.41. The Morgan fingerprint density at radius 2 is 1.90 bits per heavy atom. The molecule has 1 aliphatic rings. The maximum absolute atomic E-state index is 6.03. The fourth-order valence-corrected chi connectivity index (χ4v) is 0.775. The van der Waals surface area contributed by atoms with Crippen LogP contribution in [-0.4, -0.2) is 17.1 Å². The number of hydrogen-bond donors (Lipinski definition) is 0. The predicted octanol–water partition coefficient (Wildman–Crippen LogP) is 2.57. The molecule has 0 saturated heterocycles. The molecule has 0 radical (unpaired) electrons. The van der Waals surface area contributed by atoms with Crippen molar-refractivity contribution in [2.75, 3.05) is 6.61 Å². The van der Waals surface area contributed by atoms with E-state index in [0.29, 0.717) is 6.61 Å². The molecule has 1 nitrogen and oxygen atoms in total. The van der Waals surface area contributed by atoms with E-state index in [9.17, 15) is 0 Å². The standard InChI is InChI=1S/C8H15ClO/c1-7(2,3)10-6-8(9)4-5-8/h4-6H2,1-3H3. The molecule has 0 atom stereocenters. The number of alkyl halides is 1. The zero-order chi connectivity index (χ0) is 7.83. The maximum atomic E-state index is 6.03. The third-order valence-corrected chi connectivity index (χ3v) is 2.04. The van der Waals surface area contributed by atoms with E-state index < -0.39 is 0 Å². The molecule has 1 rings (SSSR count). The molecule has 0 bridgehead atoms. The first kappa shape index (κ1) is 8.35. The molecule has 0 aliphatic heterocycles. The first-order chi connectivity index (χ1) is 4.41. The van der Waals surface area contributed by atoms with Gasteiger partial charge in [0.15, 0.2) is 0 Å². The van der Waals surface area contributed by atoms with E-state index in [0.717, 1.165) is 12.8 Å². The number of rotatable bonds is 2. The Morgan fingerprint density at radius 1 is 1.40 bits per heavy atom. The lowest BCUT2D eigenvalue weighted by Crippen LogP contribution is -2.24. The molecule has 0 aromatic rings. The van der Waals surface area contributed by atoms with Gasteiger partial charge in [-0.05, 0) is 33.6 Å². The second kappa shape index (κ2) is 2.38. The van der Waals surface area contributed by atoms with E-state index in [1.54, 1.807) is 0 Å². The van der Waals surface area contributed by atoms with Gasteiger partial charge in [-0.25, -0.2) is 0 Å². The van der Waals surface area contributed by atoms with Crippen molar-refractivity contribution in [1.82, 2.24) is 0 Å². The van der Waals surface area contributed by atoms with Crippen LogP contribution in [0.1, 0.15) is 33.6 Å². The maximum Gasteiger partial charge on any atom is 0.0681 e. The van der Waals surface area contributed by atoms with Gasteiger partial charge in [0.05, 0.1) is 17.1 Å². The third kappa shape index (κ3) is 2.89. The number of ether oxygens (including phenoxy) is 1. The minimum Gasteiger partial charge on any atom is -0.374 e. The molecular weight excluding hydrogens is 148 g/mol. The van der Waals surface area contributed by atoms with Gasteiger partial charge < -0.3 is 4.74 Å². The van der Waals surface area contributed by atoms with Crippen LogP contribution in [0.15, 0.2) is 0 Å². The molecule has 0 unspecified atom stereocenters. The highest BCUT2D eigenvalue weighted by atomic mass is 35.5. The van der Waals surface area contributed by atoms with Gasteiger partial charge in [0.1, 0.15) is 0 Å². The molecule has 60 valence electrons. The van der Waals surface area contributed by atoms with Gasteiger partial charge in [0.2, 0.25) is 0 Å². The minimum atomic E-state index is -0.0372. The molecule has 1 fully saturated rings. The van der Waals surface area contributed by atoms with Crippen molar-refractivity contribution >= 4 is 11.6 Å². The van der Waals surface area contributed by atoms with Crippen LogP contribution in [0.4, 0.5) is 0 Å². The van der Waals surface area contributed by atoms with Crippen LogP contribution in [0.25, 0.3) is 0 Å². The van der Waals surface area contributed by atoms with Crippen LogP contribution < -0.4 is 0 Å². The Labute approximate surface area is 67.7 Å². The topological polar surface area (TPSA) is 9.23 Å². The Hall–Kier alpha value is 0.250. The van der Waals surface area contributed by atoms with E-state index in [1.807, 2.05) is 0 Å². The molecule has 0 aromatic heterocycles. The second-order valence-electron chi connectivity index (χ2n) is 4.05. The largest absolute Gasteiger partial charge is 0.374 e. The van der Waals surface area contributed by atoms with Crippen molar-refractivity contribution in [3.8, 4) is 0 Å². The van der Waals surface area contributed by atoms with Crippen LogP contribution in [-0.2, 0) is 4.74 Å². The fraction of sp³-hybridized carbons (Fsp3) is 1.00. The van der Waals surface area contributed by atoms with E-state index >= 15 is 0 Å². The van der Waals surface area contributed by atoms with E-state index in [-0.39, 0.29) is 10.5 Å². The molecule has 2 heteroatoms. The van der Waals surface area contributed by atoms with Crippen LogP contribution in [0.5, 0.6) is 0 Å². The summed E-state index contributed by atoms with van der Waals surface area (Å²) in [4.78, 5) is 0.00722. The lowest BCUT2D eigenvalue weighted by Gasteiger charge is -2.21. The quantitative estimate of drug-likeness (QED) is 0.568. The summed E-state index contributed by atoms with van der Waals surface area (Å²) < 4.78 is 5.52.